The molecular weight excluding hydrogens is 162 g/mol. The van der Waals surface area contributed by atoms with Gasteiger partial charge in [0.05, 0.1) is 6.10 Å². The van der Waals surface area contributed by atoms with Crippen LogP contribution in [0.15, 0.2) is 24.3 Å². The van der Waals surface area contributed by atoms with Crippen molar-refractivity contribution in [2.45, 2.75) is 32.9 Å². The van der Waals surface area contributed by atoms with Crippen molar-refractivity contribution in [2.24, 2.45) is 5.73 Å². The first-order chi connectivity index (χ1) is 6.09. The number of hydrogen-bond donors (Lipinski definition) is 1. The van der Waals surface area contributed by atoms with Crippen LogP contribution >= 0.6 is 0 Å². The first-order valence-corrected chi connectivity index (χ1v) is 4.62. The number of benzene rings is 1. The number of nitrogens with two attached hydrogens (primary N) is 1. The van der Waals surface area contributed by atoms with Gasteiger partial charge in [0.15, 0.2) is 0 Å². The summed E-state index contributed by atoms with van der Waals surface area (Å²) < 4.78 is 5.51. The van der Waals surface area contributed by atoms with Crippen LogP contribution in [-0.4, -0.2) is 6.10 Å². The molecular formula is C11H17NO. The van der Waals surface area contributed by atoms with Gasteiger partial charge in [-0.1, -0.05) is 12.1 Å². The standard InChI is InChI=1S/C11H17NO/c1-8(2)13-11-6-4-10(5-7-11)9(3)12/h4-9H,12H2,1-3H3/t9-/m0/s1. The maximum atomic E-state index is 5.72. The van der Waals surface area contributed by atoms with Crippen LogP contribution in [0.25, 0.3) is 0 Å². The van der Waals surface area contributed by atoms with Gasteiger partial charge in [0.25, 0.3) is 0 Å². The minimum atomic E-state index is 0.0908. The van der Waals surface area contributed by atoms with Crippen molar-refractivity contribution in [1.29, 1.82) is 0 Å². The topological polar surface area (TPSA) is 35.2 Å². The van der Waals surface area contributed by atoms with Crippen molar-refractivity contribution in [3.8, 4) is 5.75 Å². The molecule has 1 rings (SSSR count). The van der Waals surface area contributed by atoms with Gasteiger partial charge < -0.3 is 10.5 Å². The van der Waals surface area contributed by atoms with Crippen LogP contribution in [0.1, 0.15) is 32.4 Å². The predicted molar refractivity (Wildman–Crippen MR) is 54.8 cm³/mol. The Kier molecular flexibility index (Phi) is 3.32. The average Bonchev–Trinajstić information content (AvgIpc) is 2.04. The highest BCUT2D eigenvalue weighted by molar-refractivity contribution is 5.28. The van der Waals surface area contributed by atoms with Crippen LogP contribution < -0.4 is 10.5 Å². The molecule has 0 radical (unpaired) electrons. The monoisotopic (exact) mass is 179 g/mol. The third-order valence-corrected chi connectivity index (χ3v) is 1.78. The Hall–Kier alpha value is -1.02. The molecule has 0 spiro atoms. The summed E-state index contributed by atoms with van der Waals surface area (Å²) in [6.07, 6.45) is 0.223. The molecule has 1 aromatic rings. The van der Waals surface area contributed by atoms with Crippen molar-refractivity contribution in [2.75, 3.05) is 0 Å². The second-order valence-electron chi connectivity index (χ2n) is 3.52. The molecule has 0 aliphatic carbocycles. The molecule has 0 fully saturated rings. The van der Waals surface area contributed by atoms with Crippen molar-refractivity contribution in [3.63, 3.8) is 0 Å². The zero-order valence-electron chi connectivity index (χ0n) is 8.45. The van der Waals surface area contributed by atoms with E-state index in [1.165, 1.54) is 0 Å². The summed E-state index contributed by atoms with van der Waals surface area (Å²) in [5.74, 6) is 0.902. The number of ether oxygens (including phenoxy) is 1. The molecule has 2 heteroatoms. The smallest absolute Gasteiger partial charge is 0.119 e. The zero-order valence-corrected chi connectivity index (χ0v) is 8.45. The van der Waals surface area contributed by atoms with Crippen LogP contribution in [0, 0.1) is 0 Å². The highest BCUT2D eigenvalue weighted by atomic mass is 16.5. The Bertz CT molecular complexity index is 251. The van der Waals surface area contributed by atoms with Gasteiger partial charge in [-0.15, -0.1) is 0 Å². The van der Waals surface area contributed by atoms with Gasteiger partial charge in [-0.05, 0) is 38.5 Å². The maximum absolute atomic E-state index is 5.72. The molecule has 0 bridgehead atoms. The zero-order chi connectivity index (χ0) is 9.84. The Balaban J connectivity index is 2.70. The summed E-state index contributed by atoms with van der Waals surface area (Å²) in [6, 6.07) is 8.01. The molecule has 13 heavy (non-hydrogen) atoms. The number of rotatable bonds is 3. The number of hydrogen-bond acceptors (Lipinski definition) is 2. The van der Waals surface area contributed by atoms with Crippen LogP contribution in [0.2, 0.25) is 0 Å². The molecule has 0 aliphatic heterocycles. The summed E-state index contributed by atoms with van der Waals surface area (Å²) in [5.41, 5.74) is 6.86. The second kappa shape index (κ2) is 4.28. The lowest BCUT2D eigenvalue weighted by molar-refractivity contribution is 0.242. The summed E-state index contributed by atoms with van der Waals surface area (Å²) >= 11 is 0. The second-order valence-corrected chi connectivity index (χ2v) is 3.52. The van der Waals surface area contributed by atoms with E-state index < -0.39 is 0 Å². The fourth-order valence-electron chi connectivity index (χ4n) is 1.12. The van der Waals surface area contributed by atoms with Gasteiger partial charge in [-0.2, -0.15) is 0 Å². The molecule has 0 unspecified atom stereocenters. The highest BCUT2D eigenvalue weighted by Gasteiger charge is 2.00. The first kappa shape index (κ1) is 10.1. The molecule has 0 amide bonds. The van der Waals surface area contributed by atoms with Gasteiger partial charge >= 0.3 is 0 Å². The summed E-state index contributed by atoms with van der Waals surface area (Å²) in [4.78, 5) is 0. The van der Waals surface area contributed by atoms with E-state index in [4.69, 9.17) is 10.5 Å². The lowest BCUT2D eigenvalue weighted by Crippen LogP contribution is -2.07. The van der Waals surface area contributed by atoms with Crippen LogP contribution in [0.3, 0.4) is 0 Å². The van der Waals surface area contributed by atoms with E-state index in [-0.39, 0.29) is 12.1 Å². The molecule has 2 nitrogen and oxygen atoms in total. The quantitative estimate of drug-likeness (QED) is 0.773. The molecule has 72 valence electrons. The highest BCUT2D eigenvalue weighted by Crippen LogP contribution is 2.16. The van der Waals surface area contributed by atoms with E-state index in [1.807, 2.05) is 45.0 Å². The van der Waals surface area contributed by atoms with E-state index >= 15 is 0 Å². The van der Waals surface area contributed by atoms with Gasteiger partial charge in [0.2, 0.25) is 0 Å². The van der Waals surface area contributed by atoms with Gasteiger partial charge in [-0.3, -0.25) is 0 Å². The van der Waals surface area contributed by atoms with Crippen LogP contribution in [0.4, 0.5) is 0 Å². The van der Waals surface area contributed by atoms with E-state index in [2.05, 4.69) is 0 Å². The predicted octanol–water partition coefficient (Wildman–Crippen LogP) is 2.49. The minimum absolute atomic E-state index is 0.0908. The minimum Gasteiger partial charge on any atom is -0.491 e. The fraction of sp³-hybridized carbons (Fsp3) is 0.455. The van der Waals surface area contributed by atoms with E-state index in [1.54, 1.807) is 0 Å². The third-order valence-electron chi connectivity index (χ3n) is 1.78. The van der Waals surface area contributed by atoms with Crippen molar-refractivity contribution < 1.29 is 4.74 Å². The Morgan fingerprint density at radius 1 is 1.08 bits per heavy atom. The van der Waals surface area contributed by atoms with E-state index in [9.17, 15) is 0 Å². The largest absolute Gasteiger partial charge is 0.491 e. The van der Waals surface area contributed by atoms with E-state index in [0.29, 0.717) is 0 Å². The van der Waals surface area contributed by atoms with Crippen molar-refractivity contribution in [1.82, 2.24) is 0 Å². The molecule has 0 heterocycles. The Morgan fingerprint density at radius 3 is 2.00 bits per heavy atom. The normalized spacial score (nSPS) is 13.0. The molecule has 0 saturated carbocycles. The average molecular weight is 179 g/mol. The lowest BCUT2D eigenvalue weighted by Gasteiger charge is -2.11. The van der Waals surface area contributed by atoms with Crippen LogP contribution in [0.5, 0.6) is 5.75 Å². The van der Waals surface area contributed by atoms with Gasteiger partial charge in [-0.25, -0.2) is 0 Å². The van der Waals surface area contributed by atoms with E-state index in [0.717, 1.165) is 11.3 Å². The molecule has 1 aromatic carbocycles. The third kappa shape index (κ3) is 3.07. The van der Waals surface area contributed by atoms with Gasteiger partial charge in [0, 0.05) is 6.04 Å². The Labute approximate surface area is 79.7 Å². The Morgan fingerprint density at radius 2 is 1.62 bits per heavy atom. The van der Waals surface area contributed by atoms with Crippen LogP contribution in [-0.2, 0) is 0 Å². The fourth-order valence-corrected chi connectivity index (χ4v) is 1.12. The maximum Gasteiger partial charge on any atom is 0.119 e. The summed E-state index contributed by atoms with van der Waals surface area (Å²) in [7, 11) is 0. The first-order valence-electron chi connectivity index (χ1n) is 4.62. The SMILES string of the molecule is CC(C)Oc1ccc([C@H](C)N)cc1. The molecule has 0 aliphatic rings. The van der Waals surface area contributed by atoms with Gasteiger partial charge in [0.1, 0.15) is 5.75 Å². The van der Waals surface area contributed by atoms with Crippen molar-refractivity contribution >= 4 is 0 Å². The summed E-state index contributed by atoms with van der Waals surface area (Å²) in [5, 5.41) is 0. The lowest BCUT2D eigenvalue weighted by atomic mass is 10.1. The molecule has 2 N–H and O–H groups in total. The molecule has 0 aromatic heterocycles. The van der Waals surface area contributed by atoms with Crippen molar-refractivity contribution in [3.05, 3.63) is 29.8 Å². The summed E-state index contributed by atoms with van der Waals surface area (Å²) in [6.45, 7) is 6.00. The molecule has 1 atom stereocenters. The molecule has 0 saturated heterocycles.